The number of hydrogen-bond donors (Lipinski definition) is 3. The summed E-state index contributed by atoms with van der Waals surface area (Å²) in [6.07, 6.45) is 35.7. The van der Waals surface area contributed by atoms with Crippen LogP contribution in [0.25, 0.3) is 0 Å². The lowest BCUT2D eigenvalue weighted by Gasteiger charge is -2.18. The third-order valence-corrected chi connectivity index (χ3v) is 9.42. The summed E-state index contributed by atoms with van der Waals surface area (Å²) in [5, 5.41) is 11.9. The van der Waals surface area contributed by atoms with E-state index in [1.54, 1.807) is 0 Å². The van der Waals surface area contributed by atoms with Crippen molar-refractivity contribution in [2.75, 3.05) is 6.54 Å². The van der Waals surface area contributed by atoms with Gasteiger partial charge in [-0.1, -0.05) is 155 Å². The summed E-state index contributed by atoms with van der Waals surface area (Å²) in [5.41, 5.74) is 5.47. The fourth-order valence-corrected chi connectivity index (χ4v) is 6.33. The number of nitrogens with two attached hydrogens (primary N) is 1. The van der Waals surface area contributed by atoms with Crippen LogP contribution in [0.3, 0.4) is 0 Å². The molecule has 7 heteroatoms. The lowest BCUT2D eigenvalue weighted by molar-refractivity contribution is -0.150. The van der Waals surface area contributed by atoms with E-state index in [4.69, 9.17) is 10.5 Å². The first-order valence-electron chi connectivity index (χ1n) is 20.4. The molecule has 0 radical (unpaired) electrons. The van der Waals surface area contributed by atoms with Crippen molar-refractivity contribution in [3.63, 3.8) is 0 Å². The zero-order chi connectivity index (χ0) is 34.6. The number of carboxylic acid groups (broad SMARTS) is 1. The van der Waals surface area contributed by atoms with Gasteiger partial charge in [0, 0.05) is 12.8 Å². The Bertz CT molecular complexity index is 717. The Morgan fingerprint density at radius 3 is 1.32 bits per heavy atom. The first-order chi connectivity index (χ1) is 22.9. The second-order valence-electron chi connectivity index (χ2n) is 14.1. The van der Waals surface area contributed by atoms with Crippen molar-refractivity contribution in [1.29, 1.82) is 0 Å². The number of carbonyl (C=O) groups excluding carboxylic acids is 2. The molecule has 0 saturated heterocycles. The second-order valence-corrected chi connectivity index (χ2v) is 14.1. The highest BCUT2D eigenvalue weighted by molar-refractivity contribution is 5.83. The van der Waals surface area contributed by atoms with Gasteiger partial charge in [0.2, 0.25) is 5.91 Å². The van der Waals surface area contributed by atoms with Crippen LogP contribution < -0.4 is 11.1 Å². The Balaban J connectivity index is 4.28. The van der Waals surface area contributed by atoms with Gasteiger partial charge in [0.25, 0.3) is 0 Å². The van der Waals surface area contributed by atoms with E-state index in [0.717, 1.165) is 64.2 Å². The standard InChI is InChI=1S/C40H78N2O5/c1-3-5-7-9-11-13-14-15-17-18-21-25-30-36(47-39(44)34-28-24-19-16-12-10-8-6-4-2)31-26-22-20-23-27-33-38(43)42-37(40(45)46)32-29-35-41/h36-37H,3-35,41H2,1-2H3,(H,42,43)(H,45,46). The van der Waals surface area contributed by atoms with Crippen LogP contribution >= 0.6 is 0 Å². The summed E-state index contributed by atoms with van der Waals surface area (Å²) in [7, 11) is 0. The molecule has 0 heterocycles. The minimum atomic E-state index is -1.00. The van der Waals surface area contributed by atoms with Gasteiger partial charge in [-0.15, -0.1) is 0 Å². The third-order valence-electron chi connectivity index (χ3n) is 9.42. The van der Waals surface area contributed by atoms with Crippen LogP contribution in [-0.4, -0.2) is 41.6 Å². The van der Waals surface area contributed by atoms with Crippen LogP contribution in [0.5, 0.6) is 0 Å². The minimum absolute atomic E-state index is 0.0194. The van der Waals surface area contributed by atoms with E-state index in [-0.39, 0.29) is 18.0 Å². The van der Waals surface area contributed by atoms with Crippen LogP contribution in [0.4, 0.5) is 0 Å². The maximum atomic E-state index is 12.7. The highest BCUT2D eigenvalue weighted by Gasteiger charge is 2.19. The Hall–Kier alpha value is -1.63. The molecule has 1 amide bonds. The quantitative estimate of drug-likeness (QED) is 0.0448. The molecule has 47 heavy (non-hydrogen) atoms. The van der Waals surface area contributed by atoms with Gasteiger partial charge in [-0.2, -0.15) is 0 Å². The highest BCUT2D eigenvalue weighted by atomic mass is 16.5. The van der Waals surface area contributed by atoms with Crippen molar-refractivity contribution < 1.29 is 24.2 Å². The number of rotatable bonds is 37. The Morgan fingerprint density at radius 2 is 0.915 bits per heavy atom. The monoisotopic (exact) mass is 667 g/mol. The minimum Gasteiger partial charge on any atom is -0.480 e. The van der Waals surface area contributed by atoms with Crippen LogP contribution in [0.2, 0.25) is 0 Å². The highest BCUT2D eigenvalue weighted by Crippen LogP contribution is 2.19. The topological polar surface area (TPSA) is 119 Å². The van der Waals surface area contributed by atoms with Crippen LogP contribution in [0.1, 0.15) is 219 Å². The second kappa shape index (κ2) is 35.7. The molecule has 0 fully saturated rings. The van der Waals surface area contributed by atoms with Crippen molar-refractivity contribution in [3.8, 4) is 0 Å². The van der Waals surface area contributed by atoms with Gasteiger partial charge in [0.1, 0.15) is 12.1 Å². The lowest BCUT2D eigenvalue weighted by Crippen LogP contribution is -2.40. The third kappa shape index (κ3) is 32.7. The van der Waals surface area contributed by atoms with Crippen molar-refractivity contribution in [1.82, 2.24) is 5.32 Å². The lowest BCUT2D eigenvalue weighted by atomic mass is 10.0. The van der Waals surface area contributed by atoms with Gasteiger partial charge in [-0.25, -0.2) is 4.79 Å². The van der Waals surface area contributed by atoms with Gasteiger partial charge in [0.15, 0.2) is 0 Å². The molecular formula is C40H78N2O5. The van der Waals surface area contributed by atoms with E-state index in [9.17, 15) is 19.5 Å². The summed E-state index contributed by atoms with van der Waals surface area (Å²) >= 11 is 0. The molecule has 0 aliphatic heterocycles. The van der Waals surface area contributed by atoms with E-state index >= 15 is 0 Å². The molecule has 2 atom stereocenters. The van der Waals surface area contributed by atoms with E-state index in [0.29, 0.717) is 32.2 Å². The molecule has 0 aliphatic carbocycles. The normalized spacial score (nSPS) is 12.6. The molecular weight excluding hydrogens is 588 g/mol. The predicted molar refractivity (Wildman–Crippen MR) is 198 cm³/mol. The van der Waals surface area contributed by atoms with Crippen molar-refractivity contribution >= 4 is 17.8 Å². The largest absolute Gasteiger partial charge is 0.480 e. The molecule has 0 aromatic heterocycles. The fourth-order valence-electron chi connectivity index (χ4n) is 6.33. The number of aliphatic carboxylic acids is 1. The number of hydrogen-bond acceptors (Lipinski definition) is 5. The SMILES string of the molecule is CCCCCCCCCCCCCCC(CCCCCCCC(=O)NC(CCCN)C(=O)O)OC(=O)CCCCCCCCCCC. The van der Waals surface area contributed by atoms with E-state index in [1.807, 2.05) is 0 Å². The molecule has 0 aliphatic rings. The summed E-state index contributed by atoms with van der Waals surface area (Å²) in [4.78, 5) is 36.2. The number of carboxylic acids is 1. The summed E-state index contributed by atoms with van der Waals surface area (Å²) in [6, 6.07) is -0.851. The number of amides is 1. The number of unbranched alkanes of at least 4 members (excludes halogenated alkanes) is 23. The molecule has 0 aromatic rings. The molecule has 278 valence electrons. The van der Waals surface area contributed by atoms with Crippen LogP contribution in [0, 0.1) is 0 Å². The maximum absolute atomic E-state index is 12.7. The Kier molecular flexibility index (Phi) is 34.4. The van der Waals surface area contributed by atoms with Gasteiger partial charge in [-0.05, 0) is 57.9 Å². The number of esters is 1. The number of carbonyl (C=O) groups is 3. The molecule has 0 spiro atoms. The predicted octanol–water partition coefficient (Wildman–Crippen LogP) is 10.9. The summed E-state index contributed by atoms with van der Waals surface area (Å²) < 4.78 is 6.02. The van der Waals surface area contributed by atoms with E-state index < -0.39 is 12.0 Å². The molecule has 4 N–H and O–H groups in total. The fraction of sp³-hybridized carbons (Fsp3) is 0.925. The van der Waals surface area contributed by atoms with Crippen LogP contribution in [0.15, 0.2) is 0 Å². The van der Waals surface area contributed by atoms with Gasteiger partial charge >= 0.3 is 11.9 Å². The molecule has 0 saturated carbocycles. The molecule has 7 nitrogen and oxygen atoms in total. The Labute approximate surface area is 290 Å². The average molecular weight is 667 g/mol. The van der Waals surface area contributed by atoms with Gasteiger partial charge < -0.3 is 20.9 Å². The zero-order valence-corrected chi connectivity index (χ0v) is 31.1. The van der Waals surface area contributed by atoms with Crippen LogP contribution in [-0.2, 0) is 19.1 Å². The first kappa shape index (κ1) is 45.4. The molecule has 0 rings (SSSR count). The van der Waals surface area contributed by atoms with E-state index in [1.165, 1.54) is 116 Å². The summed E-state index contributed by atoms with van der Waals surface area (Å²) in [5.74, 6) is -1.22. The maximum Gasteiger partial charge on any atom is 0.326 e. The van der Waals surface area contributed by atoms with Crippen molar-refractivity contribution in [3.05, 3.63) is 0 Å². The first-order valence-corrected chi connectivity index (χ1v) is 20.4. The summed E-state index contributed by atoms with van der Waals surface area (Å²) in [6.45, 7) is 4.94. The smallest absolute Gasteiger partial charge is 0.326 e. The Morgan fingerprint density at radius 1 is 0.532 bits per heavy atom. The molecule has 2 unspecified atom stereocenters. The van der Waals surface area contributed by atoms with Crippen molar-refractivity contribution in [2.45, 2.75) is 231 Å². The average Bonchev–Trinajstić information content (AvgIpc) is 3.05. The van der Waals surface area contributed by atoms with Crippen molar-refractivity contribution in [2.24, 2.45) is 5.73 Å². The van der Waals surface area contributed by atoms with Gasteiger partial charge in [-0.3, -0.25) is 9.59 Å². The molecule has 0 aromatic carbocycles. The number of ether oxygens (including phenoxy) is 1. The number of nitrogens with one attached hydrogen (secondary N) is 1. The van der Waals surface area contributed by atoms with E-state index in [2.05, 4.69) is 19.2 Å². The zero-order valence-electron chi connectivity index (χ0n) is 31.1. The molecule has 0 bridgehead atoms. The van der Waals surface area contributed by atoms with Gasteiger partial charge in [0.05, 0.1) is 0 Å².